The van der Waals surface area contributed by atoms with E-state index in [1.165, 1.54) is 19.3 Å². The zero-order valence-corrected chi connectivity index (χ0v) is 16.6. The highest BCUT2D eigenvalue weighted by Crippen LogP contribution is 2.60. The molecule has 5 rings (SSSR count). The Bertz CT molecular complexity index is 532. The van der Waals surface area contributed by atoms with Crippen molar-refractivity contribution in [1.82, 2.24) is 15.5 Å². The van der Waals surface area contributed by atoms with Gasteiger partial charge in [0.2, 0.25) is 11.8 Å². The summed E-state index contributed by atoms with van der Waals surface area (Å²) in [6.45, 7) is 5.91. The van der Waals surface area contributed by atoms with E-state index in [0.29, 0.717) is 0 Å². The summed E-state index contributed by atoms with van der Waals surface area (Å²) in [7, 11) is 1.90. The van der Waals surface area contributed by atoms with Crippen molar-refractivity contribution in [3.05, 3.63) is 0 Å². The second-order valence-corrected chi connectivity index (χ2v) is 9.99. The molecule has 1 saturated heterocycles. The van der Waals surface area contributed by atoms with Crippen LogP contribution >= 0.6 is 0 Å². The van der Waals surface area contributed by atoms with Crippen molar-refractivity contribution in [2.24, 2.45) is 29.1 Å². The predicted octanol–water partition coefficient (Wildman–Crippen LogP) is 2.16. The monoisotopic (exact) mass is 361 g/mol. The van der Waals surface area contributed by atoms with Crippen LogP contribution in [-0.2, 0) is 9.59 Å². The molecule has 2 atom stereocenters. The molecule has 2 amide bonds. The van der Waals surface area contributed by atoms with Gasteiger partial charge in [-0.1, -0.05) is 13.8 Å². The summed E-state index contributed by atoms with van der Waals surface area (Å²) in [6, 6.07) is -0.152. The van der Waals surface area contributed by atoms with Crippen molar-refractivity contribution < 1.29 is 9.59 Å². The summed E-state index contributed by atoms with van der Waals surface area (Å²) in [4.78, 5) is 28.3. The lowest BCUT2D eigenvalue weighted by Gasteiger charge is -2.56. The van der Waals surface area contributed by atoms with E-state index in [4.69, 9.17) is 0 Å². The van der Waals surface area contributed by atoms with E-state index in [1.807, 2.05) is 25.8 Å². The fourth-order valence-electron chi connectivity index (χ4n) is 6.57. The van der Waals surface area contributed by atoms with Crippen LogP contribution in [0.5, 0.6) is 0 Å². The lowest BCUT2D eigenvalue weighted by molar-refractivity contribution is -0.150. The van der Waals surface area contributed by atoms with Crippen LogP contribution in [0.2, 0.25) is 0 Å². The first-order chi connectivity index (χ1) is 12.4. The molecule has 1 heterocycles. The average molecular weight is 362 g/mol. The lowest BCUT2D eigenvalue weighted by atomic mass is 9.49. The van der Waals surface area contributed by atoms with Gasteiger partial charge in [0.1, 0.15) is 6.04 Å². The minimum absolute atomic E-state index is 0.0757. The molecule has 1 aliphatic heterocycles. The second kappa shape index (κ2) is 6.81. The van der Waals surface area contributed by atoms with Crippen molar-refractivity contribution in [2.45, 2.75) is 70.9 Å². The highest BCUT2D eigenvalue weighted by atomic mass is 16.2. The zero-order valence-electron chi connectivity index (χ0n) is 16.6. The molecular weight excluding hydrogens is 326 g/mol. The van der Waals surface area contributed by atoms with E-state index in [0.717, 1.165) is 56.5 Å². The van der Waals surface area contributed by atoms with Gasteiger partial charge in [0, 0.05) is 25.0 Å². The Balaban J connectivity index is 1.46. The van der Waals surface area contributed by atoms with Crippen LogP contribution in [0.15, 0.2) is 0 Å². The topological polar surface area (TPSA) is 61.4 Å². The van der Waals surface area contributed by atoms with Gasteiger partial charge in [0.05, 0.1) is 0 Å². The van der Waals surface area contributed by atoms with Gasteiger partial charge in [-0.25, -0.2) is 0 Å². The first kappa shape index (κ1) is 18.3. The Labute approximate surface area is 157 Å². The van der Waals surface area contributed by atoms with Crippen LogP contribution in [-0.4, -0.2) is 48.9 Å². The van der Waals surface area contributed by atoms with Gasteiger partial charge in [-0.3, -0.25) is 9.59 Å². The Morgan fingerprint density at radius 2 is 1.65 bits per heavy atom. The summed E-state index contributed by atoms with van der Waals surface area (Å²) in [6.07, 6.45) is 8.13. The molecule has 0 aromatic rings. The second-order valence-electron chi connectivity index (χ2n) is 9.99. The fraction of sp³-hybridized carbons (Fsp3) is 0.905. The number of carbonyl (C=O) groups excluding carboxylic acids is 2. The molecule has 4 saturated carbocycles. The third kappa shape index (κ3) is 3.17. The number of nitrogens with one attached hydrogen (secondary N) is 2. The fourth-order valence-corrected chi connectivity index (χ4v) is 6.57. The van der Waals surface area contributed by atoms with Crippen molar-refractivity contribution in [3.63, 3.8) is 0 Å². The van der Waals surface area contributed by atoms with Crippen molar-refractivity contribution >= 4 is 11.8 Å². The molecule has 146 valence electrons. The van der Waals surface area contributed by atoms with Crippen LogP contribution in [0, 0.1) is 29.1 Å². The zero-order chi connectivity index (χ0) is 18.5. The Hall–Kier alpha value is -1.10. The average Bonchev–Trinajstić information content (AvgIpc) is 3.11. The van der Waals surface area contributed by atoms with Gasteiger partial charge >= 0.3 is 0 Å². The van der Waals surface area contributed by atoms with E-state index in [-0.39, 0.29) is 29.2 Å². The van der Waals surface area contributed by atoms with Crippen LogP contribution in [0.4, 0.5) is 0 Å². The molecular formula is C21H35N3O2. The molecule has 26 heavy (non-hydrogen) atoms. The highest BCUT2D eigenvalue weighted by Gasteiger charge is 2.55. The first-order valence-electron chi connectivity index (χ1n) is 10.7. The molecule has 0 aromatic heterocycles. The molecule has 5 aliphatic rings. The molecule has 0 spiro atoms. The molecule has 0 aromatic carbocycles. The first-order valence-corrected chi connectivity index (χ1v) is 10.7. The van der Waals surface area contributed by atoms with Crippen LogP contribution in [0.1, 0.15) is 58.8 Å². The standard InChI is InChI=1S/C21H35N3O2/c1-13(2)18(19(25)24(3)17-4-5-22-12-17)23-20(26)21-9-14-6-15(10-21)8-16(7-14)11-21/h13-18,22H,4-12H2,1-3H3,(H,23,26). The van der Waals surface area contributed by atoms with Crippen LogP contribution < -0.4 is 10.6 Å². The third-order valence-electron chi connectivity index (χ3n) is 7.67. The van der Waals surface area contributed by atoms with Crippen molar-refractivity contribution in [3.8, 4) is 0 Å². The molecule has 5 heteroatoms. The smallest absolute Gasteiger partial charge is 0.245 e. The highest BCUT2D eigenvalue weighted by molar-refractivity contribution is 5.90. The van der Waals surface area contributed by atoms with Gasteiger partial charge in [0.15, 0.2) is 0 Å². The maximum Gasteiger partial charge on any atom is 0.245 e. The summed E-state index contributed by atoms with van der Waals surface area (Å²) in [5.41, 5.74) is -0.185. The van der Waals surface area contributed by atoms with E-state index in [9.17, 15) is 9.59 Å². The lowest BCUT2D eigenvalue weighted by Crippen LogP contribution is -2.59. The number of hydrogen-bond donors (Lipinski definition) is 2. The number of amides is 2. The number of rotatable bonds is 5. The number of nitrogens with zero attached hydrogens (tertiary/aromatic N) is 1. The van der Waals surface area contributed by atoms with E-state index in [1.54, 1.807) is 0 Å². The maximum absolute atomic E-state index is 13.4. The van der Waals surface area contributed by atoms with Gasteiger partial charge < -0.3 is 15.5 Å². The van der Waals surface area contributed by atoms with Gasteiger partial charge in [-0.2, -0.15) is 0 Å². The molecule has 4 bridgehead atoms. The quantitative estimate of drug-likeness (QED) is 0.789. The van der Waals surface area contributed by atoms with Gasteiger partial charge in [-0.15, -0.1) is 0 Å². The predicted molar refractivity (Wildman–Crippen MR) is 101 cm³/mol. The Morgan fingerprint density at radius 1 is 1.08 bits per heavy atom. The summed E-state index contributed by atoms with van der Waals surface area (Å²) >= 11 is 0. The summed E-state index contributed by atoms with van der Waals surface area (Å²) in [5, 5.41) is 6.55. The van der Waals surface area contributed by atoms with Crippen molar-refractivity contribution in [2.75, 3.05) is 20.1 Å². The molecule has 4 aliphatic carbocycles. The minimum atomic E-state index is -0.402. The largest absolute Gasteiger partial charge is 0.344 e. The van der Waals surface area contributed by atoms with Gasteiger partial charge in [0.25, 0.3) is 0 Å². The molecule has 0 radical (unpaired) electrons. The van der Waals surface area contributed by atoms with Crippen molar-refractivity contribution in [1.29, 1.82) is 0 Å². The Morgan fingerprint density at radius 3 is 2.12 bits per heavy atom. The summed E-state index contributed by atoms with van der Waals surface area (Å²) in [5.74, 6) is 2.58. The van der Waals surface area contributed by atoms with E-state index < -0.39 is 6.04 Å². The molecule has 5 nitrogen and oxygen atoms in total. The number of likely N-dealkylation sites (N-methyl/N-ethyl adjacent to an activating group) is 1. The normalized spacial score (nSPS) is 39.2. The molecule has 2 unspecified atom stereocenters. The van der Waals surface area contributed by atoms with Crippen LogP contribution in [0.3, 0.4) is 0 Å². The third-order valence-corrected chi connectivity index (χ3v) is 7.67. The van der Waals surface area contributed by atoms with E-state index >= 15 is 0 Å². The van der Waals surface area contributed by atoms with Crippen LogP contribution in [0.25, 0.3) is 0 Å². The maximum atomic E-state index is 13.4. The SMILES string of the molecule is CC(C)C(NC(=O)C12CC3CC(CC(C3)C1)C2)C(=O)N(C)C1CCNC1. The Kier molecular flexibility index (Phi) is 4.79. The van der Waals surface area contributed by atoms with E-state index in [2.05, 4.69) is 10.6 Å². The minimum Gasteiger partial charge on any atom is -0.344 e. The summed E-state index contributed by atoms with van der Waals surface area (Å²) < 4.78 is 0. The number of carbonyl (C=O) groups is 2. The number of hydrogen-bond acceptors (Lipinski definition) is 3. The molecule has 5 fully saturated rings. The van der Waals surface area contributed by atoms with Gasteiger partial charge in [-0.05, 0) is 75.2 Å². The molecule has 2 N–H and O–H groups in total.